The van der Waals surface area contributed by atoms with Crippen LogP contribution in [0.2, 0.25) is 0 Å². The van der Waals surface area contributed by atoms with Crippen molar-refractivity contribution in [1.82, 2.24) is 15.0 Å². The number of hydrogen-bond acceptors (Lipinski definition) is 6. The number of aromatic amines is 1. The van der Waals surface area contributed by atoms with Gasteiger partial charge in [-0.05, 0) is 19.1 Å². The lowest BCUT2D eigenvalue weighted by Gasteiger charge is -2.02. The largest absolute Gasteiger partial charge is 0.459 e. The van der Waals surface area contributed by atoms with E-state index in [0.717, 1.165) is 12.0 Å². The third-order valence-corrected chi connectivity index (χ3v) is 3.55. The van der Waals surface area contributed by atoms with E-state index < -0.39 is 17.4 Å². The van der Waals surface area contributed by atoms with Crippen molar-refractivity contribution in [3.05, 3.63) is 51.5 Å². The Morgan fingerprint density at radius 2 is 2.27 bits per heavy atom. The highest BCUT2D eigenvalue weighted by Crippen LogP contribution is 2.25. The molecule has 0 unspecified atom stereocenters. The number of aromatic nitrogens is 3. The molecule has 0 radical (unpaired) electrons. The van der Waals surface area contributed by atoms with Gasteiger partial charge in [-0.1, -0.05) is 0 Å². The van der Waals surface area contributed by atoms with Gasteiger partial charge in [-0.15, -0.1) is 11.3 Å². The van der Waals surface area contributed by atoms with Crippen molar-refractivity contribution in [3.63, 3.8) is 0 Å². The highest BCUT2D eigenvalue weighted by molar-refractivity contribution is 7.13. The third-order valence-electron chi connectivity index (χ3n) is 2.69. The van der Waals surface area contributed by atoms with Crippen molar-refractivity contribution < 1.29 is 13.6 Å². The molecular formula is C13H9FN4O3S. The van der Waals surface area contributed by atoms with Crippen molar-refractivity contribution in [2.75, 3.05) is 5.32 Å². The predicted octanol–water partition coefficient (Wildman–Crippen LogP) is 2.19. The Morgan fingerprint density at radius 3 is 3.00 bits per heavy atom. The van der Waals surface area contributed by atoms with Crippen LogP contribution in [0.15, 0.2) is 32.9 Å². The van der Waals surface area contributed by atoms with Gasteiger partial charge >= 0.3 is 5.69 Å². The number of rotatable bonds is 3. The van der Waals surface area contributed by atoms with Gasteiger partial charge in [0.25, 0.3) is 5.91 Å². The molecule has 7 nitrogen and oxygen atoms in total. The van der Waals surface area contributed by atoms with E-state index >= 15 is 0 Å². The zero-order valence-corrected chi connectivity index (χ0v) is 12.0. The second kappa shape index (κ2) is 5.53. The zero-order chi connectivity index (χ0) is 15.7. The number of H-pyrrole nitrogens is 1. The molecule has 1 amide bonds. The van der Waals surface area contributed by atoms with Crippen LogP contribution < -0.4 is 11.0 Å². The Balaban J connectivity index is 1.82. The van der Waals surface area contributed by atoms with Gasteiger partial charge in [0.2, 0.25) is 0 Å². The van der Waals surface area contributed by atoms with Gasteiger partial charge in [-0.25, -0.2) is 14.2 Å². The molecule has 0 saturated carbocycles. The van der Waals surface area contributed by atoms with Gasteiger partial charge in [0.1, 0.15) is 11.5 Å². The second-order valence-electron chi connectivity index (χ2n) is 4.31. The molecule has 0 atom stereocenters. The standard InChI is InChI=1S/C13H9FN4O3S/c1-6-2-3-9(21-6)12-16-8(5-22-12)11(19)17-10-7(14)4-15-13(20)18-10/h2-5H,1H3,(H2,15,17,18,19,20). The number of anilines is 1. The van der Waals surface area contributed by atoms with Crippen LogP contribution in [0.1, 0.15) is 16.2 Å². The first kappa shape index (κ1) is 14.1. The lowest BCUT2D eigenvalue weighted by Crippen LogP contribution is -2.19. The molecule has 0 fully saturated rings. The first-order valence-electron chi connectivity index (χ1n) is 6.11. The SMILES string of the molecule is Cc1ccc(-c2nc(C(=O)Nc3[nH]c(=O)ncc3F)cs2)o1. The summed E-state index contributed by atoms with van der Waals surface area (Å²) in [4.78, 5) is 32.5. The monoisotopic (exact) mass is 320 g/mol. The fourth-order valence-electron chi connectivity index (χ4n) is 1.69. The number of nitrogens with one attached hydrogen (secondary N) is 2. The minimum atomic E-state index is -0.843. The van der Waals surface area contributed by atoms with E-state index in [1.54, 1.807) is 19.1 Å². The van der Waals surface area contributed by atoms with Gasteiger partial charge < -0.3 is 9.73 Å². The molecule has 3 rings (SSSR count). The Kier molecular flexibility index (Phi) is 3.55. The molecule has 2 N–H and O–H groups in total. The molecule has 3 aromatic heterocycles. The van der Waals surface area contributed by atoms with Crippen LogP contribution in [0.25, 0.3) is 10.8 Å². The van der Waals surface area contributed by atoms with Crippen molar-refractivity contribution in [3.8, 4) is 10.8 Å². The van der Waals surface area contributed by atoms with E-state index in [1.165, 1.54) is 16.7 Å². The molecule has 112 valence electrons. The molecule has 0 aromatic carbocycles. The molecule has 9 heteroatoms. The second-order valence-corrected chi connectivity index (χ2v) is 5.17. The zero-order valence-electron chi connectivity index (χ0n) is 11.2. The number of carbonyl (C=O) groups is 1. The molecule has 22 heavy (non-hydrogen) atoms. The summed E-state index contributed by atoms with van der Waals surface area (Å²) in [5.74, 6) is -0.567. The normalized spacial score (nSPS) is 10.6. The van der Waals surface area contributed by atoms with Crippen molar-refractivity contribution in [1.29, 1.82) is 0 Å². The lowest BCUT2D eigenvalue weighted by atomic mass is 10.4. The average molecular weight is 320 g/mol. The number of thiazole rings is 1. The molecule has 0 saturated heterocycles. The molecule has 0 aliphatic rings. The van der Waals surface area contributed by atoms with E-state index in [2.05, 4.69) is 20.3 Å². The first-order valence-corrected chi connectivity index (χ1v) is 6.99. The summed E-state index contributed by atoms with van der Waals surface area (Å²) in [6, 6.07) is 3.53. The fourth-order valence-corrected chi connectivity index (χ4v) is 2.45. The molecule has 0 bridgehead atoms. The maximum absolute atomic E-state index is 13.4. The van der Waals surface area contributed by atoms with E-state index in [9.17, 15) is 14.0 Å². The van der Waals surface area contributed by atoms with Crippen LogP contribution in [-0.4, -0.2) is 20.9 Å². The Bertz CT molecular complexity index is 899. The molecule has 0 aliphatic carbocycles. The van der Waals surface area contributed by atoms with Crippen LogP contribution in [0, 0.1) is 12.7 Å². The maximum atomic E-state index is 13.4. The van der Waals surface area contributed by atoms with E-state index in [0.29, 0.717) is 10.8 Å². The minimum Gasteiger partial charge on any atom is -0.459 e. The molecular weight excluding hydrogens is 311 g/mol. The summed E-state index contributed by atoms with van der Waals surface area (Å²) < 4.78 is 18.9. The predicted molar refractivity (Wildman–Crippen MR) is 77.3 cm³/mol. The van der Waals surface area contributed by atoms with Crippen molar-refractivity contribution >= 4 is 23.1 Å². The first-order chi connectivity index (χ1) is 10.5. The number of furan rings is 1. The molecule has 0 spiro atoms. The van der Waals surface area contributed by atoms with Crippen LogP contribution in [0.5, 0.6) is 0 Å². The van der Waals surface area contributed by atoms with Crippen molar-refractivity contribution in [2.24, 2.45) is 0 Å². The Labute approximate surface area is 126 Å². The number of halogens is 1. The average Bonchev–Trinajstić information content (AvgIpc) is 3.11. The van der Waals surface area contributed by atoms with Gasteiger partial charge in [0, 0.05) is 5.38 Å². The number of aryl methyl sites for hydroxylation is 1. The Hall–Kier alpha value is -2.81. The number of carbonyl (C=O) groups excluding carboxylic acids is 1. The van der Waals surface area contributed by atoms with Gasteiger partial charge in [0.05, 0.1) is 6.20 Å². The fraction of sp³-hybridized carbons (Fsp3) is 0.0769. The maximum Gasteiger partial charge on any atom is 0.346 e. The van der Waals surface area contributed by atoms with Crippen LogP contribution in [0.4, 0.5) is 10.2 Å². The van der Waals surface area contributed by atoms with Crippen LogP contribution >= 0.6 is 11.3 Å². The summed E-state index contributed by atoms with van der Waals surface area (Å²) in [7, 11) is 0. The highest BCUT2D eigenvalue weighted by Gasteiger charge is 2.16. The molecule has 0 aliphatic heterocycles. The highest BCUT2D eigenvalue weighted by atomic mass is 32.1. The topological polar surface area (TPSA) is 101 Å². The summed E-state index contributed by atoms with van der Waals surface area (Å²) in [5, 5.41) is 4.28. The van der Waals surface area contributed by atoms with Gasteiger partial charge in [-0.2, -0.15) is 4.98 Å². The van der Waals surface area contributed by atoms with Gasteiger partial charge in [0.15, 0.2) is 22.4 Å². The number of amides is 1. The summed E-state index contributed by atoms with van der Waals surface area (Å²) in [6.45, 7) is 1.80. The smallest absolute Gasteiger partial charge is 0.346 e. The van der Waals surface area contributed by atoms with Crippen LogP contribution in [-0.2, 0) is 0 Å². The molecule has 3 heterocycles. The lowest BCUT2D eigenvalue weighted by molar-refractivity contribution is 0.102. The van der Waals surface area contributed by atoms with Crippen molar-refractivity contribution in [2.45, 2.75) is 6.92 Å². The number of nitrogens with zero attached hydrogens (tertiary/aromatic N) is 2. The summed E-state index contributed by atoms with van der Waals surface area (Å²) in [6.07, 6.45) is 0.729. The van der Waals surface area contributed by atoms with E-state index in [-0.39, 0.29) is 11.5 Å². The summed E-state index contributed by atoms with van der Waals surface area (Å²) >= 11 is 1.22. The minimum absolute atomic E-state index is 0.0890. The third kappa shape index (κ3) is 2.79. The van der Waals surface area contributed by atoms with E-state index in [1.807, 2.05) is 0 Å². The Morgan fingerprint density at radius 1 is 1.45 bits per heavy atom. The summed E-state index contributed by atoms with van der Waals surface area (Å²) in [5.41, 5.74) is -0.673. The number of hydrogen-bond donors (Lipinski definition) is 2. The van der Waals surface area contributed by atoms with Gasteiger partial charge in [-0.3, -0.25) is 9.78 Å². The molecule has 3 aromatic rings. The van der Waals surface area contributed by atoms with Crippen LogP contribution in [0.3, 0.4) is 0 Å². The van der Waals surface area contributed by atoms with E-state index in [4.69, 9.17) is 4.42 Å². The quantitative estimate of drug-likeness (QED) is 0.770.